The van der Waals surface area contributed by atoms with Crippen LogP contribution < -0.4 is 5.32 Å². The lowest BCUT2D eigenvalue weighted by Gasteiger charge is -2.33. The minimum absolute atomic E-state index is 0.0467. The summed E-state index contributed by atoms with van der Waals surface area (Å²) >= 11 is 12.5. The predicted octanol–water partition coefficient (Wildman–Crippen LogP) is 7.31. The van der Waals surface area contributed by atoms with Crippen molar-refractivity contribution in [3.63, 3.8) is 0 Å². The number of nitrogens with one attached hydrogen (secondary N) is 1. The van der Waals surface area contributed by atoms with Gasteiger partial charge in [-0.15, -0.1) is 0 Å². The Hall–Kier alpha value is -2.04. The third-order valence-electron chi connectivity index (χ3n) is 6.97. The Kier molecular flexibility index (Phi) is 10.5. The van der Waals surface area contributed by atoms with Gasteiger partial charge in [-0.3, -0.25) is 9.59 Å². The molecule has 1 aliphatic rings. The molecule has 190 valence electrons. The average molecular weight is 518 g/mol. The fourth-order valence-corrected chi connectivity index (χ4v) is 5.23. The van der Waals surface area contributed by atoms with E-state index in [4.69, 9.17) is 23.2 Å². The van der Waals surface area contributed by atoms with Crippen LogP contribution in [0.15, 0.2) is 42.5 Å². The second-order valence-electron chi connectivity index (χ2n) is 9.92. The van der Waals surface area contributed by atoms with E-state index in [0.717, 1.165) is 36.8 Å². The van der Waals surface area contributed by atoms with Crippen molar-refractivity contribution < 1.29 is 9.59 Å². The number of halogens is 2. The highest BCUT2D eigenvalue weighted by molar-refractivity contribution is 6.35. The van der Waals surface area contributed by atoms with Crippen LogP contribution in [0.1, 0.15) is 88.3 Å². The number of aryl methyl sites for hydroxylation is 1. The number of nitrogens with zero attached hydrogens (tertiary/aromatic N) is 1. The zero-order valence-electron chi connectivity index (χ0n) is 21.2. The third kappa shape index (κ3) is 7.98. The largest absolute Gasteiger partial charge is 0.352 e. The number of benzene rings is 2. The first-order chi connectivity index (χ1) is 16.8. The average Bonchev–Trinajstić information content (AvgIpc) is 2.84. The van der Waals surface area contributed by atoms with Gasteiger partial charge >= 0.3 is 0 Å². The summed E-state index contributed by atoms with van der Waals surface area (Å²) in [5, 5.41) is 4.27. The molecule has 1 saturated carbocycles. The summed E-state index contributed by atoms with van der Waals surface area (Å²) in [6, 6.07) is 13.4. The van der Waals surface area contributed by atoms with Crippen LogP contribution in [0.5, 0.6) is 0 Å². The topological polar surface area (TPSA) is 49.4 Å². The lowest BCUT2D eigenvalue weighted by molar-refractivity contribution is -0.141. The second-order valence-corrected chi connectivity index (χ2v) is 10.8. The Morgan fingerprint density at radius 2 is 1.71 bits per heavy atom. The lowest BCUT2D eigenvalue weighted by atomic mass is 9.95. The molecule has 0 spiro atoms. The van der Waals surface area contributed by atoms with Gasteiger partial charge in [-0.1, -0.05) is 93.6 Å². The zero-order chi connectivity index (χ0) is 25.4. The van der Waals surface area contributed by atoms with E-state index in [0.29, 0.717) is 35.2 Å². The molecule has 0 saturated heterocycles. The molecule has 0 aliphatic heterocycles. The van der Waals surface area contributed by atoms with Crippen molar-refractivity contribution in [1.29, 1.82) is 0 Å². The maximum Gasteiger partial charge on any atom is 0.243 e. The SMILES string of the molecule is CC[C@@H](C(=O)NC1CCCCC1)N(Cc1ccc(Cl)cc1Cl)C(=O)CCc1ccc(C(C)C)cc1. The molecule has 1 N–H and O–H groups in total. The summed E-state index contributed by atoms with van der Waals surface area (Å²) in [6.45, 7) is 6.57. The summed E-state index contributed by atoms with van der Waals surface area (Å²) in [6.07, 6.45) is 7.01. The molecule has 2 aromatic carbocycles. The van der Waals surface area contributed by atoms with E-state index in [2.05, 4.69) is 43.4 Å². The van der Waals surface area contributed by atoms with E-state index >= 15 is 0 Å². The van der Waals surface area contributed by atoms with E-state index in [1.165, 1.54) is 12.0 Å². The molecule has 0 aromatic heterocycles. The van der Waals surface area contributed by atoms with E-state index in [9.17, 15) is 9.59 Å². The Morgan fingerprint density at radius 3 is 2.31 bits per heavy atom. The van der Waals surface area contributed by atoms with Gasteiger partial charge in [-0.2, -0.15) is 0 Å². The number of rotatable bonds is 10. The van der Waals surface area contributed by atoms with E-state index < -0.39 is 6.04 Å². The predicted molar refractivity (Wildman–Crippen MR) is 145 cm³/mol. The van der Waals surface area contributed by atoms with Gasteiger partial charge in [-0.25, -0.2) is 0 Å². The maximum absolute atomic E-state index is 13.5. The van der Waals surface area contributed by atoms with Crippen LogP contribution >= 0.6 is 23.2 Å². The van der Waals surface area contributed by atoms with Gasteiger partial charge in [0.15, 0.2) is 0 Å². The molecule has 0 bridgehead atoms. The van der Waals surface area contributed by atoms with Crippen LogP contribution in [0.2, 0.25) is 10.0 Å². The number of amides is 2. The fraction of sp³-hybridized carbons (Fsp3) is 0.517. The molecule has 6 heteroatoms. The molecule has 0 radical (unpaired) electrons. The van der Waals surface area contributed by atoms with Crippen molar-refractivity contribution in [3.8, 4) is 0 Å². The third-order valence-corrected chi connectivity index (χ3v) is 7.55. The van der Waals surface area contributed by atoms with E-state index in [1.807, 2.05) is 13.0 Å². The molecule has 1 atom stereocenters. The van der Waals surface area contributed by atoms with Gasteiger partial charge in [0.2, 0.25) is 11.8 Å². The van der Waals surface area contributed by atoms with Gasteiger partial charge in [0.05, 0.1) is 0 Å². The molecule has 35 heavy (non-hydrogen) atoms. The molecular formula is C29H38Cl2N2O2. The normalized spacial score (nSPS) is 15.1. The number of hydrogen-bond donors (Lipinski definition) is 1. The van der Waals surface area contributed by atoms with Gasteiger partial charge < -0.3 is 10.2 Å². The van der Waals surface area contributed by atoms with Gasteiger partial charge in [0, 0.05) is 29.1 Å². The first kappa shape index (κ1) is 27.5. The standard InChI is InChI=1S/C29H38Cl2N2O2/c1-4-27(29(35)32-25-8-6-5-7-9-25)33(19-23-15-16-24(30)18-26(23)31)28(34)17-12-21-10-13-22(14-11-21)20(2)3/h10-11,13-16,18,20,25,27H,4-9,12,17,19H2,1-3H3,(H,32,35)/t27-/m0/s1. The minimum Gasteiger partial charge on any atom is -0.352 e. The van der Waals surface area contributed by atoms with Gasteiger partial charge in [0.1, 0.15) is 6.04 Å². The van der Waals surface area contributed by atoms with Crippen LogP contribution in [-0.2, 0) is 22.6 Å². The molecule has 0 heterocycles. The highest BCUT2D eigenvalue weighted by Crippen LogP contribution is 2.25. The molecule has 4 nitrogen and oxygen atoms in total. The molecule has 3 rings (SSSR count). The van der Waals surface area contributed by atoms with Crippen LogP contribution in [-0.4, -0.2) is 28.8 Å². The highest BCUT2D eigenvalue weighted by Gasteiger charge is 2.30. The molecular weight excluding hydrogens is 479 g/mol. The first-order valence-corrected chi connectivity index (χ1v) is 13.7. The van der Waals surface area contributed by atoms with Crippen molar-refractivity contribution in [3.05, 3.63) is 69.2 Å². The van der Waals surface area contributed by atoms with E-state index in [1.54, 1.807) is 17.0 Å². The maximum atomic E-state index is 13.5. The Morgan fingerprint density at radius 1 is 1.03 bits per heavy atom. The summed E-state index contributed by atoms with van der Waals surface area (Å²) in [4.78, 5) is 28.6. The lowest BCUT2D eigenvalue weighted by Crippen LogP contribution is -2.51. The smallest absolute Gasteiger partial charge is 0.243 e. The molecule has 1 aliphatic carbocycles. The van der Waals surface area contributed by atoms with Crippen molar-refractivity contribution in [1.82, 2.24) is 10.2 Å². The van der Waals surface area contributed by atoms with Crippen molar-refractivity contribution in [2.24, 2.45) is 0 Å². The van der Waals surface area contributed by atoms with Gasteiger partial charge in [-0.05, 0) is 60.4 Å². The quantitative estimate of drug-likeness (QED) is 0.359. The van der Waals surface area contributed by atoms with Crippen molar-refractivity contribution in [2.45, 2.75) is 96.7 Å². The van der Waals surface area contributed by atoms with Crippen molar-refractivity contribution in [2.75, 3.05) is 0 Å². The molecule has 1 fully saturated rings. The van der Waals surface area contributed by atoms with E-state index in [-0.39, 0.29) is 24.4 Å². The number of hydrogen-bond acceptors (Lipinski definition) is 2. The molecule has 0 unspecified atom stereocenters. The first-order valence-electron chi connectivity index (χ1n) is 12.9. The Labute approximate surface area is 220 Å². The summed E-state index contributed by atoms with van der Waals surface area (Å²) in [5.41, 5.74) is 3.19. The Balaban J connectivity index is 1.76. The van der Waals surface area contributed by atoms with Crippen LogP contribution in [0.3, 0.4) is 0 Å². The number of carbonyl (C=O) groups excluding carboxylic acids is 2. The fourth-order valence-electron chi connectivity index (χ4n) is 4.76. The number of carbonyl (C=O) groups is 2. The van der Waals surface area contributed by atoms with Gasteiger partial charge in [0.25, 0.3) is 0 Å². The molecule has 2 aromatic rings. The van der Waals surface area contributed by atoms with Crippen LogP contribution in [0.4, 0.5) is 0 Å². The second kappa shape index (κ2) is 13.3. The molecule has 2 amide bonds. The summed E-state index contributed by atoms with van der Waals surface area (Å²) < 4.78 is 0. The zero-order valence-corrected chi connectivity index (χ0v) is 22.7. The summed E-state index contributed by atoms with van der Waals surface area (Å²) in [5.74, 6) is 0.354. The summed E-state index contributed by atoms with van der Waals surface area (Å²) in [7, 11) is 0. The van der Waals surface area contributed by atoms with Crippen LogP contribution in [0.25, 0.3) is 0 Å². The Bertz CT molecular complexity index is 985. The van der Waals surface area contributed by atoms with Crippen LogP contribution in [0, 0.1) is 0 Å². The minimum atomic E-state index is -0.542. The monoisotopic (exact) mass is 516 g/mol. The van der Waals surface area contributed by atoms with Crippen molar-refractivity contribution >= 4 is 35.0 Å². The highest BCUT2D eigenvalue weighted by atomic mass is 35.5.